The molecule has 5 nitrogen and oxygen atoms in total. The monoisotopic (exact) mass is 233 g/mol. The van der Waals surface area contributed by atoms with Gasteiger partial charge in [-0.3, -0.25) is 4.79 Å². The average molecular weight is 233 g/mol. The number of aromatic nitrogens is 1. The highest BCUT2D eigenvalue weighted by atomic mass is 16.4. The van der Waals surface area contributed by atoms with Crippen molar-refractivity contribution in [2.75, 3.05) is 18.5 Å². The summed E-state index contributed by atoms with van der Waals surface area (Å²) in [6.07, 6.45) is 0. The van der Waals surface area contributed by atoms with E-state index in [1.807, 2.05) is 6.92 Å². The van der Waals surface area contributed by atoms with E-state index in [4.69, 9.17) is 10.4 Å². The molecular weight excluding hydrogens is 218 g/mol. The van der Waals surface area contributed by atoms with Crippen molar-refractivity contribution in [1.82, 2.24) is 4.98 Å². The maximum absolute atomic E-state index is 10.8. The summed E-state index contributed by atoms with van der Waals surface area (Å²) in [6, 6.07) is 5.51. The molecule has 1 aromatic heterocycles. The zero-order valence-corrected chi connectivity index (χ0v) is 10.1. The first-order chi connectivity index (χ1) is 7.95. The van der Waals surface area contributed by atoms with Crippen LogP contribution in [0.5, 0.6) is 0 Å². The Kier molecular flexibility index (Phi) is 4.05. The molecule has 0 radical (unpaired) electrons. The summed E-state index contributed by atoms with van der Waals surface area (Å²) in [5.74, 6) is -0.836. The number of carbonyl (C=O) groups is 1. The third-order valence-corrected chi connectivity index (χ3v) is 2.47. The number of aliphatic carboxylic acids is 1. The number of anilines is 1. The Bertz CT molecular complexity index is 465. The van der Waals surface area contributed by atoms with Gasteiger partial charge in [0.15, 0.2) is 0 Å². The maximum atomic E-state index is 10.8. The van der Waals surface area contributed by atoms with Gasteiger partial charge < -0.3 is 10.0 Å². The summed E-state index contributed by atoms with van der Waals surface area (Å²) in [6.45, 7) is 3.78. The van der Waals surface area contributed by atoms with E-state index in [9.17, 15) is 4.79 Å². The first-order valence-corrected chi connectivity index (χ1v) is 5.27. The van der Waals surface area contributed by atoms with Crippen LogP contribution in [0.4, 0.5) is 5.82 Å². The topological polar surface area (TPSA) is 77.2 Å². The smallest absolute Gasteiger partial charge is 0.308 e. The van der Waals surface area contributed by atoms with E-state index < -0.39 is 11.9 Å². The zero-order chi connectivity index (χ0) is 13.0. The van der Waals surface area contributed by atoms with E-state index in [0.29, 0.717) is 17.9 Å². The molecule has 0 aliphatic carbocycles. The Morgan fingerprint density at radius 2 is 2.29 bits per heavy atom. The molecule has 1 atom stereocenters. The van der Waals surface area contributed by atoms with Gasteiger partial charge in [-0.05, 0) is 19.1 Å². The van der Waals surface area contributed by atoms with E-state index in [-0.39, 0.29) is 0 Å². The Morgan fingerprint density at radius 3 is 2.82 bits per heavy atom. The first-order valence-electron chi connectivity index (χ1n) is 5.27. The number of rotatable bonds is 4. The van der Waals surface area contributed by atoms with Gasteiger partial charge in [0, 0.05) is 19.3 Å². The molecule has 0 aliphatic rings. The van der Waals surface area contributed by atoms with Crippen molar-refractivity contribution in [2.45, 2.75) is 13.8 Å². The average Bonchev–Trinajstić information content (AvgIpc) is 2.28. The molecule has 0 saturated carbocycles. The largest absolute Gasteiger partial charge is 0.481 e. The third-order valence-electron chi connectivity index (χ3n) is 2.47. The zero-order valence-electron chi connectivity index (χ0n) is 10.1. The second-order valence-electron chi connectivity index (χ2n) is 4.06. The van der Waals surface area contributed by atoms with Crippen LogP contribution in [0.15, 0.2) is 12.1 Å². The van der Waals surface area contributed by atoms with Crippen molar-refractivity contribution >= 4 is 11.8 Å². The molecule has 1 heterocycles. The number of carboxylic acids is 1. The molecular formula is C12H15N3O2. The molecule has 1 rings (SSSR count). The highest BCUT2D eigenvalue weighted by Crippen LogP contribution is 2.17. The van der Waals surface area contributed by atoms with Crippen molar-refractivity contribution in [1.29, 1.82) is 5.26 Å². The van der Waals surface area contributed by atoms with Gasteiger partial charge in [0.2, 0.25) is 0 Å². The highest BCUT2D eigenvalue weighted by Gasteiger charge is 2.16. The van der Waals surface area contributed by atoms with Gasteiger partial charge in [-0.25, -0.2) is 4.98 Å². The fourth-order valence-electron chi connectivity index (χ4n) is 1.50. The van der Waals surface area contributed by atoms with Crippen LogP contribution in [0.1, 0.15) is 18.2 Å². The molecule has 90 valence electrons. The summed E-state index contributed by atoms with van der Waals surface area (Å²) in [4.78, 5) is 16.7. The SMILES string of the molecule is Cc1ccc(C#N)c(N(C)CC(C)C(=O)O)n1. The van der Waals surface area contributed by atoms with Crippen LogP contribution in [-0.2, 0) is 4.79 Å². The molecule has 1 N–H and O–H groups in total. The van der Waals surface area contributed by atoms with Crippen LogP contribution in [0.3, 0.4) is 0 Å². The molecule has 0 aromatic carbocycles. The summed E-state index contributed by atoms with van der Waals surface area (Å²) >= 11 is 0. The summed E-state index contributed by atoms with van der Waals surface area (Å²) < 4.78 is 0. The highest BCUT2D eigenvalue weighted by molar-refractivity contribution is 5.70. The number of nitrogens with zero attached hydrogens (tertiary/aromatic N) is 3. The Balaban J connectivity index is 2.96. The second kappa shape index (κ2) is 5.30. The van der Waals surface area contributed by atoms with E-state index >= 15 is 0 Å². The van der Waals surface area contributed by atoms with Crippen LogP contribution in [-0.4, -0.2) is 29.7 Å². The third kappa shape index (κ3) is 3.18. The minimum Gasteiger partial charge on any atom is -0.481 e. The molecule has 0 saturated heterocycles. The Labute approximate surface area is 100 Å². The number of carboxylic acid groups (broad SMARTS) is 1. The number of nitriles is 1. The lowest BCUT2D eigenvalue weighted by Crippen LogP contribution is -2.29. The predicted molar refractivity (Wildman–Crippen MR) is 63.8 cm³/mol. The molecule has 5 heteroatoms. The van der Waals surface area contributed by atoms with Crippen molar-refractivity contribution in [2.24, 2.45) is 5.92 Å². The predicted octanol–water partition coefficient (Wildman–Crippen LogP) is 1.42. The fraction of sp³-hybridized carbons (Fsp3) is 0.417. The standard InChI is InChI=1S/C12H15N3O2/c1-8(12(16)17)7-15(3)11-10(6-13)5-4-9(2)14-11/h4-5,8H,7H2,1-3H3,(H,16,17). The van der Waals surface area contributed by atoms with Crippen LogP contribution in [0, 0.1) is 24.2 Å². The summed E-state index contributed by atoms with van der Waals surface area (Å²) in [5.41, 5.74) is 1.25. The van der Waals surface area contributed by atoms with Crippen LogP contribution in [0.2, 0.25) is 0 Å². The quantitative estimate of drug-likeness (QED) is 0.851. The van der Waals surface area contributed by atoms with E-state index in [2.05, 4.69) is 11.1 Å². The lowest BCUT2D eigenvalue weighted by Gasteiger charge is -2.21. The van der Waals surface area contributed by atoms with E-state index in [1.54, 1.807) is 31.0 Å². The molecule has 0 fully saturated rings. The molecule has 17 heavy (non-hydrogen) atoms. The van der Waals surface area contributed by atoms with Crippen molar-refractivity contribution in [3.8, 4) is 6.07 Å². The number of aryl methyl sites for hydroxylation is 1. The maximum Gasteiger partial charge on any atom is 0.308 e. The summed E-state index contributed by atoms with van der Waals surface area (Å²) in [7, 11) is 1.74. The van der Waals surface area contributed by atoms with Crippen molar-refractivity contribution < 1.29 is 9.90 Å². The van der Waals surface area contributed by atoms with Crippen molar-refractivity contribution in [3.63, 3.8) is 0 Å². The first kappa shape index (κ1) is 13.0. The lowest BCUT2D eigenvalue weighted by molar-refractivity contribution is -0.140. The van der Waals surface area contributed by atoms with Crippen LogP contribution >= 0.6 is 0 Å². The van der Waals surface area contributed by atoms with Gasteiger partial charge in [-0.1, -0.05) is 6.92 Å². The molecule has 1 unspecified atom stereocenters. The van der Waals surface area contributed by atoms with Gasteiger partial charge in [-0.2, -0.15) is 5.26 Å². The van der Waals surface area contributed by atoms with Gasteiger partial charge >= 0.3 is 5.97 Å². The molecule has 0 bridgehead atoms. The molecule has 0 aliphatic heterocycles. The van der Waals surface area contributed by atoms with Crippen LogP contribution in [0.25, 0.3) is 0 Å². The minimum atomic E-state index is -0.858. The number of pyridine rings is 1. The van der Waals surface area contributed by atoms with Crippen LogP contribution < -0.4 is 4.90 Å². The van der Waals surface area contributed by atoms with Gasteiger partial charge in [0.25, 0.3) is 0 Å². The second-order valence-corrected chi connectivity index (χ2v) is 4.06. The van der Waals surface area contributed by atoms with Gasteiger partial charge in [0.1, 0.15) is 11.9 Å². The lowest BCUT2D eigenvalue weighted by atomic mass is 10.1. The molecule has 0 spiro atoms. The Morgan fingerprint density at radius 1 is 1.65 bits per heavy atom. The Hall–Kier alpha value is -2.09. The number of hydrogen-bond donors (Lipinski definition) is 1. The fourth-order valence-corrected chi connectivity index (χ4v) is 1.50. The molecule has 0 amide bonds. The minimum absolute atomic E-state index is 0.320. The van der Waals surface area contributed by atoms with E-state index in [1.165, 1.54) is 0 Å². The number of hydrogen-bond acceptors (Lipinski definition) is 4. The van der Waals surface area contributed by atoms with Crippen molar-refractivity contribution in [3.05, 3.63) is 23.4 Å². The van der Waals surface area contributed by atoms with Gasteiger partial charge in [-0.15, -0.1) is 0 Å². The molecule has 1 aromatic rings. The summed E-state index contributed by atoms with van der Waals surface area (Å²) in [5, 5.41) is 17.8. The normalized spacial score (nSPS) is 11.6. The van der Waals surface area contributed by atoms with Gasteiger partial charge in [0.05, 0.1) is 11.5 Å². The van der Waals surface area contributed by atoms with E-state index in [0.717, 1.165) is 5.69 Å².